The van der Waals surface area contributed by atoms with Crippen molar-refractivity contribution in [2.75, 3.05) is 32.8 Å². The monoisotopic (exact) mass is 350 g/mol. The number of rotatable bonds is 4. The SMILES string of the molecule is CC(C)=CC1C(C(=O)N2CCCN(C(=O)OCC(C)C)CC2)C1(C)C. The number of carbonyl (C=O) groups is 2. The van der Waals surface area contributed by atoms with E-state index in [0.717, 1.165) is 13.0 Å². The number of amides is 2. The van der Waals surface area contributed by atoms with Gasteiger partial charge in [0, 0.05) is 26.2 Å². The molecule has 1 saturated carbocycles. The summed E-state index contributed by atoms with van der Waals surface area (Å²) in [7, 11) is 0. The van der Waals surface area contributed by atoms with Crippen LogP contribution in [0.4, 0.5) is 4.79 Å². The molecule has 5 heteroatoms. The van der Waals surface area contributed by atoms with E-state index in [4.69, 9.17) is 4.74 Å². The Kier molecular flexibility index (Phi) is 6.17. The average Bonchev–Trinajstić information content (AvgIpc) is 3.14. The largest absolute Gasteiger partial charge is 0.449 e. The molecule has 1 aliphatic carbocycles. The van der Waals surface area contributed by atoms with Gasteiger partial charge in [0.15, 0.2) is 0 Å². The third-order valence-corrected chi connectivity index (χ3v) is 5.30. The number of hydrogen-bond acceptors (Lipinski definition) is 3. The van der Waals surface area contributed by atoms with Crippen molar-refractivity contribution < 1.29 is 14.3 Å². The first-order valence-corrected chi connectivity index (χ1v) is 9.50. The maximum atomic E-state index is 13.0. The minimum Gasteiger partial charge on any atom is -0.449 e. The quantitative estimate of drug-likeness (QED) is 0.729. The fraction of sp³-hybridized carbons (Fsp3) is 0.800. The van der Waals surface area contributed by atoms with Crippen molar-refractivity contribution >= 4 is 12.0 Å². The smallest absolute Gasteiger partial charge is 0.409 e. The minimum atomic E-state index is -0.253. The van der Waals surface area contributed by atoms with Gasteiger partial charge in [0.1, 0.15) is 0 Å². The molecule has 142 valence electrons. The second-order valence-corrected chi connectivity index (χ2v) is 8.71. The Morgan fingerprint density at radius 2 is 1.72 bits per heavy atom. The normalized spacial score (nSPS) is 25.4. The Hall–Kier alpha value is -1.52. The highest BCUT2D eigenvalue weighted by Crippen LogP contribution is 2.60. The summed E-state index contributed by atoms with van der Waals surface area (Å²) >= 11 is 0. The zero-order valence-corrected chi connectivity index (χ0v) is 16.7. The van der Waals surface area contributed by atoms with Gasteiger partial charge in [-0.25, -0.2) is 4.79 Å². The molecule has 0 bridgehead atoms. The topological polar surface area (TPSA) is 49.9 Å². The molecular formula is C20H34N2O3. The lowest BCUT2D eigenvalue weighted by atomic mass is 10.1. The van der Waals surface area contributed by atoms with Gasteiger partial charge in [-0.15, -0.1) is 0 Å². The highest BCUT2D eigenvalue weighted by Gasteiger charge is 2.61. The van der Waals surface area contributed by atoms with Crippen LogP contribution in [0.15, 0.2) is 11.6 Å². The average molecular weight is 351 g/mol. The predicted octanol–water partition coefficient (Wildman–Crippen LogP) is 3.55. The molecule has 5 nitrogen and oxygen atoms in total. The Bertz CT molecular complexity index is 535. The van der Waals surface area contributed by atoms with Crippen LogP contribution in [0, 0.1) is 23.2 Å². The molecule has 1 saturated heterocycles. The Morgan fingerprint density at radius 1 is 1.12 bits per heavy atom. The maximum absolute atomic E-state index is 13.0. The molecular weight excluding hydrogens is 316 g/mol. The molecule has 0 aromatic carbocycles. The summed E-state index contributed by atoms with van der Waals surface area (Å²) in [6.45, 7) is 15.6. The van der Waals surface area contributed by atoms with E-state index in [1.807, 2.05) is 18.7 Å². The van der Waals surface area contributed by atoms with Crippen LogP contribution in [0.1, 0.15) is 48.0 Å². The Labute approximate surface area is 152 Å². The summed E-state index contributed by atoms with van der Waals surface area (Å²) in [4.78, 5) is 28.8. The van der Waals surface area contributed by atoms with Crippen molar-refractivity contribution in [1.82, 2.24) is 9.80 Å². The highest BCUT2D eigenvalue weighted by molar-refractivity contribution is 5.84. The van der Waals surface area contributed by atoms with Crippen molar-refractivity contribution in [3.05, 3.63) is 11.6 Å². The second kappa shape index (κ2) is 7.79. The number of hydrogen-bond donors (Lipinski definition) is 0. The molecule has 1 heterocycles. The molecule has 25 heavy (non-hydrogen) atoms. The lowest BCUT2D eigenvalue weighted by molar-refractivity contribution is -0.133. The van der Waals surface area contributed by atoms with E-state index in [9.17, 15) is 9.59 Å². The summed E-state index contributed by atoms with van der Waals surface area (Å²) in [5.41, 5.74) is 1.31. The van der Waals surface area contributed by atoms with E-state index < -0.39 is 0 Å². The van der Waals surface area contributed by atoms with E-state index in [1.54, 1.807) is 4.90 Å². The molecule has 0 radical (unpaired) electrons. The predicted molar refractivity (Wildman–Crippen MR) is 99.1 cm³/mol. The van der Waals surface area contributed by atoms with Gasteiger partial charge >= 0.3 is 6.09 Å². The molecule has 0 spiro atoms. The number of carbonyl (C=O) groups excluding carboxylic acids is 2. The van der Waals surface area contributed by atoms with Crippen LogP contribution in [0.5, 0.6) is 0 Å². The first-order valence-electron chi connectivity index (χ1n) is 9.50. The Morgan fingerprint density at radius 3 is 2.32 bits per heavy atom. The van der Waals surface area contributed by atoms with Crippen LogP contribution in [-0.4, -0.2) is 54.6 Å². The first kappa shape index (κ1) is 19.8. The molecule has 2 aliphatic rings. The number of ether oxygens (including phenoxy) is 1. The second-order valence-electron chi connectivity index (χ2n) is 8.71. The lowest BCUT2D eigenvalue weighted by Crippen LogP contribution is -2.39. The molecule has 1 aliphatic heterocycles. The molecule has 2 atom stereocenters. The third-order valence-electron chi connectivity index (χ3n) is 5.30. The molecule has 2 unspecified atom stereocenters. The van der Waals surface area contributed by atoms with Crippen LogP contribution >= 0.6 is 0 Å². The standard InChI is InChI=1S/C20H34N2O3/c1-14(2)12-16-17(20(16,5)6)18(23)21-8-7-9-22(11-10-21)19(24)25-13-15(3)4/h12,15-17H,7-11,13H2,1-6H3. The zero-order valence-electron chi connectivity index (χ0n) is 16.7. The molecule has 0 N–H and O–H groups in total. The summed E-state index contributed by atoms with van der Waals surface area (Å²) in [5.74, 6) is 0.977. The van der Waals surface area contributed by atoms with E-state index in [-0.39, 0.29) is 23.3 Å². The fourth-order valence-corrected chi connectivity index (χ4v) is 3.67. The van der Waals surface area contributed by atoms with E-state index in [2.05, 4.69) is 33.8 Å². The number of nitrogens with zero attached hydrogens (tertiary/aromatic N) is 2. The zero-order chi connectivity index (χ0) is 18.8. The molecule has 0 aromatic heterocycles. The minimum absolute atomic E-state index is 0.0382. The molecule has 2 rings (SSSR count). The van der Waals surface area contributed by atoms with Gasteiger partial charge in [0.25, 0.3) is 0 Å². The van der Waals surface area contributed by atoms with Gasteiger partial charge in [-0.3, -0.25) is 4.79 Å². The van der Waals surface area contributed by atoms with Gasteiger partial charge in [-0.05, 0) is 37.5 Å². The summed E-state index contributed by atoms with van der Waals surface area (Å²) in [6.07, 6.45) is 2.79. The van der Waals surface area contributed by atoms with Crippen LogP contribution < -0.4 is 0 Å². The van der Waals surface area contributed by atoms with Crippen molar-refractivity contribution in [2.24, 2.45) is 23.2 Å². The summed E-state index contributed by atoms with van der Waals surface area (Å²) in [6, 6.07) is 0. The van der Waals surface area contributed by atoms with Crippen LogP contribution in [0.25, 0.3) is 0 Å². The molecule has 0 aromatic rings. The third kappa shape index (κ3) is 4.77. The van der Waals surface area contributed by atoms with Gasteiger partial charge < -0.3 is 14.5 Å². The maximum Gasteiger partial charge on any atom is 0.409 e. The molecule has 2 amide bonds. The van der Waals surface area contributed by atoms with Crippen LogP contribution in [-0.2, 0) is 9.53 Å². The highest BCUT2D eigenvalue weighted by atomic mass is 16.6. The Balaban J connectivity index is 1.92. The first-order chi connectivity index (χ1) is 11.6. The van der Waals surface area contributed by atoms with Crippen molar-refractivity contribution in [3.8, 4) is 0 Å². The van der Waals surface area contributed by atoms with Crippen LogP contribution in [0.2, 0.25) is 0 Å². The number of allylic oxidation sites excluding steroid dienone is 2. The van der Waals surface area contributed by atoms with Crippen molar-refractivity contribution in [2.45, 2.75) is 48.0 Å². The van der Waals surface area contributed by atoms with Crippen LogP contribution in [0.3, 0.4) is 0 Å². The van der Waals surface area contributed by atoms with Gasteiger partial charge in [-0.2, -0.15) is 0 Å². The fourth-order valence-electron chi connectivity index (χ4n) is 3.67. The molecule has 2 fully saturated rings. The summed E-state index contributed by atoms with van der Waals surface area (Å²) < 4.78 is 5.32. The van der Waals surface area contributed by atoms with Crippen molar-refractivity contribution in [3.63, 3.8) is 0 Å². The van der Waals surface area contributed by atoms with Gasteiger partial charge in [0.05, 0.1) is 12.5 Å². The van der Waals surface area contributed by atoms with E-state index >= 15 is 0 Å². The van der Waals surface area contributed by atoms with Gasteiger partial charge in [-0.1, -0.05) is 39.3 Å². The van der Waals surface area contributed by atoms with E-state index in [0.29, 0.717) is 38.1 Å². The van der Waals surface area contributed by atoms with Gasteiger partial charge in [0.2, 0.25) is 5.91 Å². The lowest BCUT2D eigenvalue weighted by Gasteiger charge is -2.22. The summed E-state index contributed by atoms with van der Waals surface area (Å²) in [5, 5.41) is 0. The van der Waals surface area contributed by atoms with E-state index in [1.165, 1.54) is 5.57 Å². The van der Waals surface area contributed by atoms with Crippen molar-refractivity contribution in [1.29, 1.82) is 0 Å².